The van der Waals surface area contributed by atoms with Crippen molar-refractivity contribution in [2.24, 2.45) is 5.92 Å². The molecule has 7 nitrogen and oxygen atoms in total. The van der Waals surface area contributed by atoms with Gasteiger partial charge >= 0.3 is 0 Å². The second-order valence-electron chi connectivity index (χ2n) is 7.13. The number of amides is 2. The van der Waals surface area contributed by atoms with Crippen molar-refractivity contribution in [2.45, 2.75) is 38.6 Å². The van der Waals surface area contributed by atoms with Crippen LogP contribution in [-0.4, -0.2) is 87.2 Å². The highest BCUT2D eigenvalue weighted by molar-refractivity contribution is 5.81. The molecule has 0 bridgehead atoms. The molecule has 2 unspecified atom stereocenters. The molecular formula is C18H34N4O3. The molecule has 25 heavy (non-hydrogen) atoms. The van der Waals surface area contributed by atoms with E-state index in [0.29, 0.717) is 25.5 Å². The average Bonchev–Trinajstić information content (AvgIpc) is 3.16. The summed E-state index contributed by atoms with van der Waals surface area (Å²) in [6, 6.07) is -0.149. The van der Waals surface area contributed by atoms with E-state index in [1.165, 1.54) is 6.42 Å². The molecular weight excluding hydrogens is 320 g/mol. The van der Waals surface area contributed by atoms with E-state index in [9.17, 15) is 9.59 Å². The van der Waals surface area contributed by atoms with Gasteiger partial charge in [-0.25, -0.2) is 0 Å². The second kappa shape index (κ2) is 10.7. The van der Waals surface area contributed by atoms with E-state index in [-0.39, 0.29) is 17.9 Å². The van der Waals surface area contributed by atoms with Crippen LogP contribution in [0.3, 0.4) is 0 Å². The van der Waals surface area contributed by atoms with Crippen LogP contribution in [0.4, 0.5) is 0 Å². The van der Waals surface area contributed by atoms with Crippen LogP contribution in [0, 0.1) is 5.92 Å². The predicted molar refractivity (Wildman–Crippen MR) is 97.3 cm³/mol. The maximum Gasteiger partial charge on any atom is 0.237 e. The van der Waals surface area contributed by atoms with Crippen molar-refractivity contribution in [3.63, 3.8) is 0 Å². The maximum atomic E-state index is 12.4. The molecule has 2 rings (SSSR count). The van der Waals surface area contributed by atoms with E-state index < -0.39 is 0 Å². The Kier molecular flexibility index (Phi) is 8.64. The Morgan fingerprint density at radius 2 is 2.04 bits per heavy atom. The normalized spacial score (nSPS) is 22.8. The number of hydrogen-bond donors (Lipinski definition) is 2. The molecule has 2 amide bonds. The van der Waals surface area contributed by atoms with Crippen molar-refractivity contribution in [3.8, 4) is 0 Å². The van der Waals surface area contributed by atoms with Crippen LogP contribution in [0.2, 0.25) is 0 Å². The average molecular weight is 354 g/mol. The highest BCUT2D eigenvalue weighted by Gasteiger charge is 2.27. The molecule has 2 atom stereocenters. The molecule has 2 saturated heterocycles. The lowest BCUT2D eigenvalue weighted by Crippen LogP contribution is -2.55. The van der Waals surface area contributed by atoms with E-state index >= 15 is 0 Å². The molecule has 2 N–H and O–H groups in total. The van der Waals surface area contributed by atoms with Crippen molar-refractivity contribution in [1.82, 2.24) is 20.4 Å². The second-order valence-corrected chi connectivity index (χ2v) is 7.13. The summed E-state index contributed by atoms with van der Waals surface area (Å²) in [5.41, 5.74) is 0. The third-order valence-electron chi connectivity index (χ3n) is 5.35. The van der Waals surface area contributed by atoms with Crippen LogP contribution in [-0.2, 0) is 14.3 Å². The Balaban J connectivity index is 1.64. The van der Waals surface area contributed by atoms with Crippen LogP contribution >= 0.6 is 0 Å². The van der Waals surface area contributed by atoms with Gasteiger partial charge in [0.25, 0.3) is 0 Å². The molecule has 0 radical (unpaired) electrons. The standard InChI is InChI=1S/C18H34N4O3/c1-15(18(24)20-7-3-13-25-2)21-9-11-22(12-10-21)17(23)5-4-16-6-8-19-14-16/h15-16,19H,3-14H2,1-2H3,(H,20,24). The number of nitrogens with one attached hydrogen (secondary N) is 2. The summed E-state index contributed by atoms with van der Waals surface area (Å²) in [7, 11) is 1.66. The highest BCUT2D eigenvalue weighted by atomic mass is 16.5. The summed E-state index contributed by atoms with van der Waals surface area (Å²) in [4.78, 5) is 28.7. The Labute approximate surface area is 151 Å². The van der Waals surface area contributed by atoms with E-state index in [1.54, 1.807) is 7.11 Å². The Hall–Kier alpha value is -1.18. The zero-order chi connectivity index (χ0) is 18.1. The summed E-state index contributed by atoms with van der Waals surface area (Å²) in [6.45, 7) is 8.37. The molecule has 144 valence electrons. The number of carbonyl (C=O) groups excluding carboxylic acids is 2. The van der Waals surface area contributed by atoms with Gasteiger partial charge < -0.3 is 20.3 Å². The molecule has 2 aliphatic heterocycles. The van der Waals surface area contributed by atoms with Crippen LogP contribution in [0.15, 0.2) is 0 Å². The van der Waals surface area contributed by atoms with Crippen molar-refractivity contribution < 1.29 is 14.3 Å². The molecule has 0 aromatic rings. The smallest absolute Gasteiger partial charge is 0.237 e. The first-order chi connectivity index (χ1) is 12.1. The third-order valence-corrected chi connectivity index (χ3v) is 5.35. The van der Waals surface area contributed by atoms with Gasteiger partial charge in [0.15, 0.2) is 0 Å². The quantitative estimate of drug-likeness (QED) is 0.573. The minimum atomic E-state index is -0.149. The van der Waals surface area contributed by atoms with Gasteiger partial charge in [-0.1, -0.05) is 0 Å². The minimum Gasteiger partial charge on any atom is -0.385 e. The van der Waals surface area contributed by atoms with E-state index in [4.69, 9.17) is 4.74 Å². The van der Waals surface area contributed by atoms with Crippen molar-refractivity contribution in [3.05, 3.63) is 0 Å². The van der Waals surface area contributed by atoms with Gasteiger partial charge in [-0.2, -0.15) is 0 Å². The summed E-state index contributed by atoms with van der Waals surface area (Å²) >= 11 is 0. The van der Waals surface area contributed by atoms with Crippen molar-refractivity contribution in [1.29, 1.82) is 0 Å². The lowest BCUT2D eigenvalue weighted by atomic mass is 10.0. The number of methoxy groups -OCH3 is 1. The molecule has 0 aromatic carbocycles. The molecule has 0 spiro atoms. The largest absolute Gasteiger partial charge is 0.385 e. The summed E-state index contributed by atoms with van der Waals surface area (Å²) < 4.78 is 4.98. The van der Waals surface area contributed by atoms with Crippen LogP contribution in [0.1, 0.15) is 32.6 Å². The van der Waals surface area contributed by atoms with Gasteiger partial charge in [0, 0.05) is 52.9 Å². The maximum absolute atomic E-state index is 12.4. The molecule has 2 aliphatic rings. The summed E-state index contributed by atoms with van der Waals surface area (Å²) in [5.74, 6) is 0.986. The predicted octanol–water partition coefficient (Wildman–Crippen LogP) is 0.0615. The number of hydrogen-bond acceptors (Lipinski definition) is 5. The third kappa shape index (κ3) is 6.56. The Morgan fingerprint density at radius 3 is 2.68 bits per heavy atom. The van der Waals surface area contributed by atoms with Crippen LogP contribution in [0.5, 0.6) is 0 Å². The molecule has 0 saturated carbocycles. The van der Waals surface area contributed by atoms with Crippen molar-refractivity contribution >= 4 is 11.8 Å². The van der Waals surface area contributed by atoms with E-state index in [0.717, 1.165) is 52.1 Å². The first-order valence-electron chi connectivity index (χ1n) is 9.61. The molecule has 7 heteroatoms. The fraction of sp³-hybridized carbons (Fsp3) is 0.889. The Morgan fingerprint density at radius 1 is 1.28 bits per heavy atom. The number of carbonyl (C=O) groups is 2. The zero-order valence-corrected chi connectivity index (χ0v) is 15.8. The molecule has 0 aliphatic carbocycles. The monoisotopic (exact) mass is 354 g/mol. The van der Waals surface area contributed by atoms with Gasteiger partial charge in [0.1, 0.15) is 0 Å². The van der Waals surface area contributed by atoms with Crippen molar-refractivity contribution in [2.75, 3.05) is 59.5 Å². The Bertz CT molecular complexity index is 419. The molecule has 2 heterocycles. The van der Waals surface area contributed by atoms with Gasteiger partial charge in [-0.3, -0.25) is 14.5 Å². The van der Waals surface area contributed by atoms with E-state index in [1.807, 2.05) is 11.8 Å². The fourth-order valence-electron chi connectivity index (χ4n) is 3.55. The molecule has 2 fully saturated rings. The number of ether oxygens (including phenoxy) is 1. The summed E-state index contributed by atoms with van der Waals surface area (Å²) in [5, 5.41) is 6.30. The number of piperazine rings is 1. The fourth-order valence-corrected chi connectivity index (χ4v) is 3.55. The SMILES string of the molecule is COCCCNC(=O)C(C)N1CCN(C(=O)CCC2CCNC2)CC1. The van der Waals surface area contributed by atoms with Gasteiger partial charge in [0.05, 0.1) is 6.04 Å². The van der Waals surface area contributed by atoms with Crippen LogP contribution in [0.25, 0.3) is 0 Å². The van der Waals surface area contributed by atoms with Gasteiger partial charge in [-0.15, -0.1) is 0 Å². The van der Waals surface area contributed by atoms with Gasteiger partial charge in [-0.05, 0) is 45.2 Å². The first-order valence-corrected chi connectivity index (χ1v) is 9.61. The van der Waals surface area contributed by atoms with E-state index in [2.05, 4.69) is 15.5 Å². The first kappa shape index (κ1) is 20.1. The zero-order valence-electron chi connectivity index (χ0n) is 15.8. The minimum absolute atomic E-state index is 0.0598. The highest BCUT2D eigenvalue weighted by Crippen LogP contribution is 2.16. The van der Waals surface area contributed by atoms with Crippen LogP contribution < -0.4 is 10.6 Å². The number of rotatable bonds is 9. The lowest BCUT2D eigenvalue weighted by molar-refractivity contribution is -0.134. The van der Waals surface area contributed by atoms with Gasteiger partial charge in [0.2, 0.25) is 11.8 Å². The molecule has 0 aromatic heterocycles. The topological polar surface area (TPSA) is 73.9 Å². The summed E-state index contributed by atoms with van der Waals surface area (Å²) in [6.07, 6.45) is 3.67. The number of nitrogens with zero attached hydrogens (tertiary/aromatic N) is 2. The lowest BCUT2D eigenvalue weighted by Gasteiger charge is -2.37.